The maximum atomic E-state index is 6.30. The van der Waals surface area contributed by atoms with Crippen LogP contribution in [0.25, 0.3) is 5.57 Å². The van der Waals surface area contributed by atoms with Crippen LogP contribution in [0.4, 0.5) is 0 Å². The molecule has 1 aliphatic carbocycles. The van der Waals surface area contributed by atoms with Crippen LogP contribution in [-0.2, 0) is 19.4 Å². The fourth-order valence-electron chi connectivity index (χ4n) is 3.86. The van der Waals surface area contributed by atoms with E-state index in [1.54, 1.807) is 0 Å². The Morgan fingerprint density at radius 3 is 2.65 bits per heavy atom. The highest BCUT2D eigenvalue weighted by molar-refractivity contribution is 5.76. The molecule has 1 nitrogen and oxygen atoms in total. The van der Waals surface area contributed by atoms with Crippen LogP contribution in [0.5, 0.6) is 5.75 Å². The van der Waals surface area contributed by atoms with Crippen molar-refractivity contribution in [3.05, 3.63) is 81.9 Å². The average molecular weight is 347 g/mol. The van der Waals surface area contributed by atoms with Gasteiger partial charge in [-0.3, -0.25) is 0 Å². The van der Waals surface area contributed by atoms with Crippen LogP contribution in [0.1, 0.15) is 60.1 Å². The van der Waals surface area contributed by atoms with Gasteiger partial charge in [0.05, 0.1) is 0 Å². The van der Waals surface area contributed by atoms with Gasteiger partial charge < -0.3 is 4.74 Å². The van der Waals surface area contributed by atoms with Crippen molar-refractivity contribution < 1.29 is 4.74 Å². The van der Waals surface area contributed by atoms with E-state index in [4.69, 9.17) is 4.74 Å². The van der Waals surface area contributed by atoms with Crippen molar-refractivity contribution in [3.8, 4) is 5.75 Å². The van der Waals surface area contributed by atoms with E-state index in [0.29, 0.717) is 6.61 Å². The lowest BCUT2D eigenvalue weighted by molar-refractivity contribution is 0.301. The van der Waals surface area contributed by atoms with Crippen molar-refractivity contribution in [2.45, 2.75) is 60.0 Å². The topological polar surface area (TPSA) is 9.23 Å². The third-order valence-corrected chi connectivity index (χ3v) is 5.16. The summed E-state index contributed by atoms with van der Waals surface area (Å²) >= 11 is 0. The second-order valence-corrected chi connectivity index (χ2v) is 7.60. The Kier molecular flexibility index (Phi) is 5.66. The van der Waals surface area contributed by atoms with Gasteiger partial charge in [0.1, 0.15) is 12.4 Å². The molecule has 2 aromatic carbocycles. The summed E-state index contributed by atoms with van der Waals surface area (Å²) in [4.78, 5) is 0. The third-order valence-electron chi connectivity index (χ3n) is 5.16. The zero-order chi connectivity index (χ0) is 18.7. The molecule has 0 fully saturated rings. The molecule has 0 atom stereocenters. The first-order valence-electron chi connectivity index (χ1n) is 9.67. The summed E-state index contributed by atoms with van der Waals surface area (Å²) in [5.74, 6) is 1.05. The van der Waals surface area contributed by atoms with Crippen LogP contribution >= 0.6 is 0 Å². The molecule has 0 radical (unpaired) electrons. The number of benzene rings is 2. The van der Waals surface area contributed by atoms with Gasteiger partial charge in [0.2, 0.25) is 0 Å². The normalized spacial score (nSPS) is 12.7. The Balaban J connectivity index is 1.85. The van der Waals surface area contributed by atoms with Crippen LogP contribution in [0.3, 0.4) is 0 Å². The number of ether oxygens (including phenoxy) is 1. The molecule has 0 spiro atoms. The first-order valence-corrected chi connectivity index (χ1v) is 9.67. The standard InChI is InChI=1S/C25H30O/c1-6-7-24-23-11-10-20(14-17(2)3)22(23)12-13-25(24)26-16-21-9-8-18(4)15-19(21)5/h8-10,12-13,15H,2,6-7,11,14,16H2,1,3-5H3. The molecule has 1 aliphatic rings. The van der Waals surface area contributed by atoms with Crippen LogP contribution in [0.2, 0.25) is 0 Å². The molecule has 2 aromatic rings. The molecule has 136 valence electrons. The summed E-state index contributed by atoms with van der Waals surface area (Å²) < 4.78 is 6.30. The zero-order valence-corrected chi connectivity index (χ0v) is 16.6. The molecule has 0 bridgehead atoms. The van der Waals surface area contributed by atoms with Gasteiger partial charge in [0, 0.05) is 0 Å². The smallest absolute Gasteiger partial charge is 0.123 e. The predicted molar refractivity (Wildman–Crippen MR) is 112 cm³/mol. The minimum atomic E-state index is 0.633. The number of allylic oxidation sites excluding steroid dienone is 3. The van der Waals surface area contributed by atoms with E-state index in [1.807, 2.05) is 0 Å². The molecule has 0 aromatic heterocycles. The van der Waals surface area contributed by atoms with Gasteiger partial charge >= 0.3 is 0 Å². The minimum absolute atomic E-state index is 0.633. The second kappa shape index (κ2) is 7.95. The summed E-state index contributed by atoms with van der Waals surface area (Å²) in [6.07, 6.45) is 6.56. The fraction of sp³-hybridized carbons (Fsp3) is 0.360. The van der Waals surface area contributed by atoms with Gasteiger partial charge in [0.15, 0.2) is 0 Å². The molecule has 0 unspecified atom stereocenters. The van der Waals surface area contributed by atoms with Crippen LogP contribution in [-0.4, -0.2) is 0 Å². The lowest BCUT2D eigenvalue weighted by atomic mass is 9.94. The SMILES string of the molecule is C=C(C)CC1=CCc2c1ccc(OCc1ccc(C)cc1C)c2CCC. The van der Waals surface area contributed by atoms with E-state index >= 15 is 0 Å². The first kappa shape index (κ1) is 18.5. The Hall–Kier alpha value is -2.28. The lowest BCUT2D eigenvalue weighted by Gasteiger charge is -2.17. The number of rotatable bonds is 7. The fourth-order valence-corrected chi connectivity index (χ4v) is 3.86. The monoisotopic (exact) mass is 346 g/mol. The quantitative estimate of drug-likeness (QED) is 0.504. The molecule has 0 saturated heterocycles. The maximum absolute atomic E-state index is 6.30. The molecule has 26 heavy (non-hydrogen) atoms. The predicted octanol–water partition coefficient (Wildman–Crippen LogP) is 6.74. The van der Waals surface area contributed by atoms with Crippen molar-refractivity contribution in [2.24, 2.45) is 0 Å². The molecular formula is C25H30O. The third kappa shape index (κ3) is 3.93. The van der Waals surface area contributed by atoms with Crippen molar-refractivity contribution in [3.63, 3.8) is 0 Å². The second-order valence-electron chi connectivity index (χ2n) is 7.60. The van der Waals surface area contributed by atoms with E-state index in [9.17, 15) is 0 Å². The van der Waals surface area contributed by atoms with Crippen molar-refractivity contribution >= 4 is 5.57 Å². The largest absolute Gasteiger partial charge is 0.489 e. The molecule has 0 saturated carbocycles. The molecule has 0 aliphatic heterocycles. The van der Waals surface area contributed by atoms with Crippen molar-refractivity contribution in [1.29, 1.82) is 0 Å². The maximum Gasteiger partial charge on any atom is 0.123 e. The summed E-state index contributed by atoms with van der Waals surface area (Å²) in [5, 5.41) is 0. The average Bonchev–Trinajstić information content (AvgIpc) is 2.98. The Morgan fingerprint density at radius 1 is 1.15 bits per heavy atom. The lowest BCUT2D eigenvalue weighted by Crippen LogP contribution is -2.04. The van der Waals surface area contributed by atoms with Gasteiger partial charge in [-0.1, -0.05) is 61.4 Å². The van der Waals surface area contributed by atoms with Crippen molar-refractivity contribution in [2.75, 3.05) is 0 Å². The van der Waals surface area contributed by atoms with E-state index in [-0.39, 0.29) is 0 Å². The molecule has 1 heteroatoms. The molecule has 0 N–H and O–H groups in total. The highest BCUT2D eigenvalue weighted by atomic mass is 16.5. The van der Waals surface area contributed by atoms with E-state index in [0.717, 1.165) is 31.4 Å². The van der Waals surface area contributed by atoms with Gasteiger partial charge in [-0.2, -0.15) is 0 Å². The van der Waals surface area contributed by atoms with E-state index in [1.165, 1.54) is 44.5 Å². The first-order chi connectivity index (χ1) is 12.5. The summed E-state index contributed by atoms with van der Waals surface area (Å²) in [6, 6.07) is 11.0. The number of aryl methyl sites for hydroxylation is 2. The highest BCUT2D eigenvalue weighted by Crippen LogP contribution is 2.38. The number of hydrogen-bond acceptors (Lipinski definition) is 1. The summed E-state index contributed by atoms with van der Waals surface area (Å²) in [6.45, 7) is 13.4. The Bertz CT molecular complexity index is 855. The molecule has 0 heterocycles. The molecule has 3 rings (SSSR count). The van der Waals surface area contributed by atoms with Gasteiger partial charge in [-0.25, -0.2) is 0 Å². The van der Waals surface area contributed by atoms with Crippen LogP contribution in [0, 0.1) is 13.8 Å². The Labute approximate surface area is 158 Å². The van der Waals surface area contributed by atoms with Gasteiger partial charge in [-0.05, 0) is 79.5 Å². The number of fused-ring (bicyclic) bond motifs is 1. The van der Waals surface area contributed by atoms with E-state index < -0.39 is 0 Å². The molecular weight excluding hydrogens is 316 g/mol. The Morgan fingerprint density at radius 2 is 1.96 bits per heavy atom. The van der Waals surface area contributed by atoms with E-state index in [2.05, 4.69) is 70.7 Å². The highest BCUT2D eigenvalue weighted by Gasteiger charge is 2.20. The zero-order valence-electron chi connectivity index (χ0n) is 16.6. The summed E-state index contributed by atoms with van der Waals surface area (Å²) in [5.41, 5.74) is 10.8. The van der Waals surface area contributed by atoms with Crippen molar-refractivity contribution in [1.82, 2.24) is 0 Å². The minimum Gasteiger partial charge on any atom is -0.489 e. The summed E-state index contributed by atoms with van der Waals surface area (Å²) in [7, 11) is 0. The van der Waals surface area contributed by atoms with Crippen LogP contribution < -0.4 is 4.74 Å². The molecule has 0 amide bonds. The number of hydrogen-bond donors (Lipinski definition) is 0. The van der Waals surface area contributed by atoms with Gasteiger partial charge in [0.25, 0.3) is 0 Å². The van der Waals surface area contributed by atoms with Crippen LogP contribution in [0.15, 0.2) is 48.6 Å². The van der Waals surface area contributed by atoms with Gasteiger partial charge in [-0.15, -0.1) is 0 Å².